The Balaban J connectivity index is 1.79. The van der Waals surface area contributed by atoms with Crippen LogP contribution in [-0.2, 0) is 6.54 Å². The maximum atomic E-state index is 11.0. The normalized spacial score (nSPS) is 17.2. The number of nitrogens with one attached hydrogen (secondary N) is 1. The first kappa shape index (κ1) is 15.0. The third kappa shape index (κ3) is 4.32. The van der Waals surface area contributed by atoms with Crippen molar-refractivity contribution in [3.8, 4) is 0 Å². The van der Waals surface area contributed by atoms with Crippen LogP contribution in [0.3, 0.4) is 0 Å². The van der Waals surface area contributed by atoms with Gasteiger partial charge in [0.2, 0.25) is 5.91 Å². The fraction of sp³-hybridized carbons (Fsp3) is 0.562. The molecule has 1 fully saturated rings. The monoisotopic (exact) mass is 275 g/mol. The molecule has 1 saturated heterocycles. The van der Waals surface area contributed by atoms with Crippen LogP contribution in [0.1, 0.15) is 35.7 Å². The molecule has 0 atom stereocenters. The van der Waals surface area contributed by atoms with Crippen LogP contribution in [0.25, 0.3) is 0 Å². The maximum absolute atomic E-state index is 11.0. The molecule has 1 aromatic carbocycles. The predicted octanol–water partition coefficient (Wildman–Crippen LogP) is 1.61. The van der Waals surface area contributed by atoms with Crippen molar-refractivity contribution >= 4 is 5.91 Å². The summed E-state index contributed by atoms with van der Waals surface area (Å²) in [7, 11) is 0. The number of rotatable bonds is 6. The first-order valence-corrected chi connectivity index (χ1v) is 7.51. The summed E-state index contributed by atoms with van der Waals surface area (Å²) in [6.07, 6.45) is 2.54. The minimum Gasteiger partial charge on any atom is -0.366 e. The molecule has 0 radical (unpaired) electrons. The second-order valence-electron chi connectivity index (χ2n) is 5.59. The zero-order valence-electron chi connectivity index (χ0n) is 12.3. The molecule has 20 heavy (non-hydrogen) atoms. The Hall–Kier alpha value is -1.39. The van der Waals surface area contributed by atoms with Crippen LogP contribution in [0, 0.1) is 5.92 Å². The molecule has 1 amide bonds. The Bertz CT molecular complexity index is 422. The van der Waals surface area contributed by atoms with Gasteiger partial charge in [-0.2, -0.15) is 0 Å². The summed E-state index contributed by atoms with van der Waals surface area (Å²) < 4.78 is 0. The second-order valence-corrected chi connectivity index (χ2v) is 5.59. The lowest BCUT2D eigenvalue weighted by Crippen LogP contribution is -2.36. The number of carbonyl (C=O) groups excluding carboxylic acids is 1. The predicted molar refractivity (Wildman–Crippen MR) is 81.5 cm³/mol. The number of hydrogen-bond donors (Lipinski definition) is 2. The maximum Gasteiger partial charge on any atom is 0.248 e. The Labute approximate surface area is 121 Å². The van der Waals surface area contributed by atoms with E-state index < -0.39 is 0 Å². The van der Waals surface area contributed by atoms with Gasteiger partial charge in [-0.1, -0.05) is 19.1 Å². The molecule has 1 aromatic rings. The van der Waals surface area contributed by atoms with E-state index in [0.717, 1.165) is 38.6 Å². The highest BCUT2D eigenvalue weighted by Crippen LogP contribution is 2.18. The van der Waals surface area contributed by atoms with E-state index in [2.05, 4.69) is 17.1 Å². The zero-order valence-corrected chi connectivity index (χ0v) is 12.3. The molecule has 1 aliphatic rings. The van der Waals surface area contributed by atoms with E-state index in [1.807, 2.05) is 24.3 Å². The molecule has 3 N–H and O–H groups in total. The Morgan fingerprint density at radius 1 is 1.30 bits per heavy atom. The fourth-order valence-electron chi connectivity index (χ4n) is 2.73. The van der Waals surface area contributed by atoms with Crippen LogP contribution in [0.15, 0.2) is 24.3 Å². The van der Waals surface area contributed by atoms with E-state index >= 15 is 0 Å². The van der Waals surface area contributed by atoms with Gasteiger partial charge in [0.15, 0.2) is 0 Å². The quantitative estimate of drug-likeness (QED) is 0.829. The Kier molecular flexibility index (Phi) is 5.56. The van der Waals surface area contributed by atoms with Gasteiger partial charge < -0.3 is 11.1 Å². The van der Waals surface area contributed by atoms with Crippen molar-refractivity contribution in [1.29, 1.82) is 0 Å². The Morgan fingerprint density at radius 3 is 2.50 bits per heavy atom. The summed E-state index contributed by atoms with van der Waals surface area (Å²) >= 11 is 0. The average Bonchev–Trinajstić information content (AvgIpc) is 2.47. The lowest BCUT2D eigenvalue weighted by atomic mass is 9.96. The van der Waals surface area contributed by atoms with Crippen molar-refractivity contribution < 1.29 is 4.79 Å². The standard InChI is InChI=1S/C16H25N3O/c1-2-18-11-13-7-9-19(10-8-13)12-14-3-5-15(6-4-14)16(17)20/h3-6,13,18H,2,7-12H2,1H3,(H2,17,20). The zero-order chi connectivity index (χ0) is 14.4. The van der Waals surface area contributed by atoms with Crippen LogP contribution in [-0.4, -0.2) is 37.0 Å². The summed E-state index contributed by atoms with van der Waals surface area (Å²) in [6.45, 7) is 7.66. The first-order valence-electron chi connectivity index (χ1n) is 7.51. The number of likely N-dealkylation sites (tertiary alicyclic amines) is 1. The largest absolute Gasteiger partial charge is 0.366 e. The van der Waals surface area contributed by atoms with Gasteiger partial charge in [0, 0.05) is 12.1 Å². The fourth-order valence-corrected chi connectivity index (χ4v) is 2.73. The minimum absolute atomic E-state index is 0.360. The van der Waals surface area contributed by atoms with Crippen LogP contribution < -0.4 is 11.1 Å². The summed E-state index contributed by atoms with van der Waals surface area (Å²) in [4.78, 5) is 13.5. The van der Waals surface area contributed by atoms with Crippen LogP contribution >= 0.6 is 0 Å². The third-order valence-electron chi connectivity index (χ3n) is 4.03. The molecule has 0 aliphatic carbocycles. The summed E-state index contributed by atoms with van der Waals surface area (Å²) in [5.74, 6) is 0.462. The molecular formula is C16H25N3O. The molecular weight excluding hydrogens is 250 g/mol. The molecule has 0 bridgehead atoms. The SMILES string of the molecule is CCNCC1CCN(Cc2ccc(C(N)=O)cc2)CC1. The van der Waals surface area contributed by atoms with Gasteiger partial charge in [0.05, 0.1) is 0 Å². The molecule has 0 saturated carbocycles. The van der Waals surface area contributed by atoms with E-state index in [1.165, 1.54) is 18.4 Å². The highest BCUT2D eigenvalue weighted by molar-refractivity contribution is 5.92. The number of hydrogen-bond acceptors (Lipinski definition) is 3. The minimum atomic E-state index is -0.360. The van der Waals surface area contributed by atoms with Gasteiger partial charge in [-0.3, -0.25) is 9.69 Å². The van der Waals surface area contributed by atoms with Gasteiger partial charge in [0.1, 0.15) is 0 Å². The first-order chi connectivity index (χ1) is 9.69. The van der Waals surface area contributed by atoms with Crippen molar-refractivity contribution in [2.45, 2.75) is 26.3 Å². The summed E-state index contributed by atoms with van der Waals surface area (Å²) in [5, 5.41) is 3.44. The average molecular weight is 275 g/mol. The molecule has 4 heteroatoms. The number of benzene rings is 1. The number of primary amides is 1. The van der Waals surface area contributed by atoms with E-state index in [-0.39, 0.29) is 5.91 Å². The number of piperidine rings is 1. The summed E-state index contributed by atoms with van der Waals surface area (Å²) in [5.41, 5.74) is 7.08. The number of amides is 1. The van der Waals surface area contributed by atoms with Crippen molar-refractivity contribution in [3.63, 3.8) is 0 Å². The molecule has 0 spiro atoms. The number of carbonyl (C=O) groups is 1. The molecule has 1 aliphatic heterocycles. The van der Waals surface area contributed by atoms with Gasteiger partial charge in [-0.05, 0) is 62.6 Å². The van der Waals surface area contributed by atoms with Crippen LogP contribution in [0.5, 0.6) is 0 Å². The van der Waals surface area contributed by atoms with Crippen molar-refractivity contribution in [2.24, 2.45) is 11.7 Å². The highest BCUT2D eigenvalue weighted by Gasteiger charge is 2.18. The number of nitrogens with zero attached hydrogens (tertiary/aromatic N) is 1. The van der Waals surface area contributed by atoms with Crippen LogP contribution in [0.2, 0.25) is 0 Å². The van der Waals surface area contributed by atoms with Gasteiger partial charge in [-0.25, -0.2) is 0 Å². The van der Waals surface area contributed by atoms with Gasteiger partial charge in [-0.15, -0.1) is 0 Å². The van der Waals surface area contributed by atoms with Gasteiger partial charge in [0.25, 0.3) is 0 Å². The molecule has 110 valence electrons. The molecule has 1 heterocycles. The van der Waals surface area contributed by atoms with Crippen molar-refractivity contribution in [2.75, 3.05) is 26.2 Å². The van der Waals surface area contributed by atoms with Gasteiger partial charge >= 0.3 is 0 Å². The van der Waals surface area contributed by atoms with E-state index in [1.54, 1.807) is 0 Å². The molecule has 0 aromatic heterocycles. The van der Waals surface area contributed by atoms with E-state index in [9.17, 15) is 4.79 Å². The molecule has 0 unspecified atom stereocenters. The smallest absolute Gasteiger partial charge is 0.248 e. The van der Waals surface area contributed by atoms with Crippen molar-refractivity contribution in [3.05, 3.63) is 35.4 Å². The van der Waals surface area contributed by atoms with E-state index in [4.69, 9.17) is 5.73 Å². The molecule has 2 rings (SSSR count). The molecule has 4 nitrogen and oxygen atoms in total. The van der Waals surface area contributed by atoms with Crippen molar-refractivity contribution in [1.82, 2.24) is 10.2 Å². The lowest BCUT2D eigenvalue weighted by Gasteiger charge is -2.32. The lowest BCUT2D eigenvalue weighted by molar-refractivity contribution is 0.100. The number of nitrogens with two attached hydrogens (primary N) is 1. The van der Waals surface area contributed by atoms with E-state index in [0.29, 0.717) is 5.56 Å². The van der Waals surface area contributed by atoms with Crippen LogP contribution in [0.4, 0.5) is 0 Å². The summed E-state index contributed by atoms with van der Waals surface area (Å²) in [6, 6.07) is 7.64. The third-order valence-corrected chi connectivity index (χ3v) is 4.03. The topological polar surface area (TPSA) is 58.4 Å². The highest BCUT2D eigenvalue weighted by atomic mass is 16.1. The Morgan fingerprint density at radius 2 is 1.95 bits per heavy atom. The second kappa shape index (κ2) is 7.41.